The van der Waals surface area contributed by atoms with Crippen molar-refractivity contribution in [1.82, 2.24) is 9.97 Å². The summed E-state index contributed by atoms with van der Waals surface area (Å²) in [5.41, 5.74) is -0.240. The molecule has 2 N–H and O–H groups in total. The van der Waals surface area contributed by atoms with Crippen molar-refractivity contribution in [2.24, 2.45) is 0 Å². The van der Waals surface area contributed by atoms with Gasteiger partial charge in [0.15, 0.2) is 0 Å². The average molecular weight is 319 g/mol. The van der Waals surface area contributed by atoms with Crippen LogP contribution in [-0.2, 0) is 0 Å². The molecular weight excluding hydrogens is 304 g/mol. The van der Waals surface area contributed by atoms with Crippen LogP contribution in [0.5, 0.6) is 0 Å². The van der Waals surface area contributed by atoms with Gasteiger partial charge in [-0.1, -0.05) is 0 Å². The summed E-state index contributed by atoms with van der Waals surface area (Å²) in [4.78, 5) is 22.1. The fraction of sp³-hybridized carbons (Fsp3) is 0.267. The Hall–Kier alpha value is -2.77. The van der Waals surface area contributed by atoms with Crippen LogP contribution in [-0.4, -0.2) is 29.1 Å². The molecule has 0 saturated carbocycles. The van der Waals surface area contributed by atoms with Crippen molar-refractivity contribution in [3.63, 3.8) is 0 Å². The highest BCUT2D eigenvalue weighted by molar-refractivity contribution is 5.99. The summed E-state index contributed by atoms with van der Waals surface area (Å²) in [7, 11) is 0. The molecule has 0 bridgehead atoms. The van der Waals surface area contributed by atoms with E-state index in [9.17, 15) is 13.6 Å². The SMILES string of the molecule is O=C(Nc1cc(N2CCCC2)ncn1)Nc1cc(F)ccc1F. The van der Waals surface area contributed by atoms with Gasteiger partial charge in [-0.15, -0.1) is 0 Å². The van der Waals surface area contributed by atoms with Gasteiger partial charge in [-0.3, -0.25) is 5.32 Å². The van der Waals surface area contributed by atoms with Crippen LogP contribution in [0.2, 0.25) is 0 Å². The molecule has 0 spiro atoms. The Balaban J connectivity index is 1.68. The molecule has 2 heterocycles. The van der Waals surface area contributed by atoms with Crippen molar-refractivity contribution in [2.45, 2.75) is 12.8 Å². The lowest BCUT2D eigenvalue weighted by atomic mass is 10.3. The second-order valence-corrected chi connectivity index (χ2v) is 5.16. The quantitative estimate of drug-likeness (QED) is 0.912. The minimum atomic E-state index is -0.720. The van der Waals surface area contributed by atoms with E-state index in [1.165, 1.54) is 6.33 Å². The molecule has 3 rings (SSSR count). The third kappa shape index (κ3) is 3.71. The fourth-order valence-corrected chi connectivity index (χ4v) is 2.40. The standard InChI is InChI=1S/C15H15F2N5O/c16-10-3-4-11(17)12(7-10)20-15(23)21-13-8-14(19-9-18-13)22-5-1-2-6-22/h3-4,7-9H,1-2,5-6H2,(H2,18,19,20,21,23). The highest BCUT2D eigenvalue weighted by Gasteiger charge is 2.15. The van der Waals surface area contributed by atoms with Crippen molar-refractivity contribution in [3.05, 3.63) is 42.2 Å². The van der Waals surface area contributed by atoms with E-state index in [1.54, 1.807) is 6.07 Å². The summed E-state index contributed by atoms with van der Waals surface area (Å²) >= 11 is 0. The predicted octanol–water partition coefficient (Wildman–Crippen LogP) is 3.00. The molecule has 2 amide bonds. The third-order valence-electron chi connectivity index (χ3n) is 3.50. The lowest BCUT2D eigenvalue weighted by Gasteiger charge is -2.16. The van der Waals surface area contributed by atoms with Gasteiger partial charge in [-0.05, 0) is 25.0 Å². The van der Waals surface area contributed by atoms with Gasteiger partial charge in [0.25, 0.3) is 0 Å². The molecule has 8 heteroatoms. The van der Waals surface area contributed by atoms with Crippen LogP contribution in [0.15, 0.2) is 30.6 Å². The molecule has 23 heavy (non-hydrogen) atoms. The van der Waals surface area contributed by atoms with Crippen LogP contribution in [0.1, 0.15) is 12.8 Å². The van der Waals surface area contributed by atoms with Crippen LogP contribution in [0.25, 0.3) is 0 Å². The zero-order chi connectivity index (χ0) is 16.2. The van der Waals surface area contributed by atoms with Gasteiger partial charge in [0.2, 0.25) is 0 Å². The number of hydrogen-bond acceptors (Lipinski definition) is 4. The number of hydrogen-bond donors (Lipinski definition) is 2. The molecule has 1 aliphatic heterocycles. The fourth-order valence-electron chi connectivity index (χ4n) is 2.40. The van der Waals surface area contributed by atoms with Crippen molar-refractivity contribution < 1.29 is 13.6 Å². The number of carbonyl (C=O) groups is 1. The first-order valence-corrected chi connectivity index (χ1v) is 7.22. The summed E-state index contributed by atoms with van der Waals surface area (Å²) in [5, 5.41) is 4.73. The Morgan fingerprint density at radius 2 is 1.87 bits per heavy atom. The Morgan fingerprint density at radius 3 is 2.65 bits per heavy atom. The Bertz CT molecular complexity index is 719. The largest absolute Gasteiger partial charge is 0.356 e. The predicted molar refractivity (Wildman–Crippen MR) is 82.5 cm³/mol. The van der Waals surface area contributed by atoms with Crippen molar-refractivity contribution in [3.8, 4) is 0 Å². The van der Waals surface area contributed by atoms with E-state index < -0.39 is 17.7 Å². The lowest BCUT2D eigenvalue weighted by molar-refractivity contribution is 0.262. The van der Waals surface area contributed by atoms with E-state index in [0.29, 0.717) is 0 Å². The number of rotatable bonds is 3. The number of amides is 2. The second-order valence-electron chi connectivity index (χ2n) is 5.16. The highest BCUT2D eigenvalue weighted by Crippen LogP contribution is 2.20. The molecule has 2 aromatic rings. The number of nitrogens with zero attached hydrogens (tertiary/aromatic N) is 3. The van der Waals surface area contributed by atoms with Crippen LogP contribution >= 0.6 is 0 Å². The first kappa shape index (κ1) is 15.1. The first-order chi connectivity index (χ1) is 11.1. The van der Waals surface area contributed by atoms with Gasteiger partial charge in [-0.2, -0.15) is 0 Å². The summed E-state index contributed by atoms with van der Waals surface area (Å²) < 4.78 is 26.6. The minimum Gasteiger partial charge on any atom is -0.356 e. The zero-order valence-corrected chi connectivity index (χ0v) is 12.2. The molecule has 1 saturated heterocycles. The van der Waals surface area contributed by atoms with Crippen molar-refractivity contribution >= 4 is 23.4 Å². The zero-order valence-electron chi connectivity index (χ0n) is 12.2. The molecule has 1 aliphatic rings. The topological polar surface area (TPSA) is 70.2 Å². The smallest absolute Gasteiger partial charge is 0.324 e. The summed E-state index contributed by atoms with van der Waals surface area (Å²) in [6, 6.07) is 3.77. The maximum atomic E-state index is 13.5. The van der Waals surface area contributed by atoms with Crippen molar-refractivity contribution in [2.75, 3.05) is 28.6 Å². The molecule has 0 aliphatic carbocycles. The van der Waals surface area contributed by atoms with Gasteiger partial charge in [0, 0.05) is 25.2 Å². The maximum Gasteiger partial charge on any atom is 0.324 e. The van der Waals surface area contributed by atoms with Gasteiger partial charge in [0.05, 0.1) is 5.69 Å². The average Bonchev–Trinajstić information content (AvgIpc) is 3.05. The van der Waals surface area contributed by atoms with Crippen LogP contribution < -0.4 is 15.5 Å². The van der Waals surface area contributed by atoms with Gasteiger partial charge >= 0.3 is 6.03 Å². The molecule has 0 unspecified atom stereocenters. The first-order valence-electron chi connectivity index (χ1n) is 7.22. The number of carbonyl (C=O) groups excluding carboxylic acids is 1. The molecule has 1 fully saturated rings. The Kier molecular flexibility index (Phi) is 4.31. The number of anilines is 3. The lowest BCUT2D eigenvalue weighted by Crippen LogP contribution is -2.22. The van der Waals surface area contributed by atoms with E-state index in [4.69, 9.17) is 0 Å². The monoisotopic (exact) mass is 319 g/mol. The minimum absolute atomic E-state index is 0.240. The molecule has 1 aromatic carbocycles. The Morgan fingerprint density at radius 1 is 1.09 bits per heavy atom. The number of aromatic nitrogens is 2. The van der Waals surface area contributed by atoms with Crippen molar-refractivity contribution in [1.29, 1.82) is 0 Å². The van der Waals surface area contributed by atoms with E-state index in [1.807, 2.05) is 0 Å². The second kappa shape index (κ2) is 6.55. The molecule has 1 aromatic heterocycles. The van der Waals surface area contributed by atoms with E-state index in [-0.39, 0.29) is 11.5 Å². The Labute approximate surface area is 131 Å². The highest BCUT2D eigenvalue weighted by atomic mass is 19.1. The molecule has 0 radical (unpaired) electrons. The van der Waals surface area contributed by atoms with E-state index in [0.717, 1.165) is 49.9 Å². The molecule has 0 atom stereocenters. The number of benzene rings is 1. The third-order valence-corrected chi connectivity index (χ3v) is 3.50. The van der Waals surface area contributed by atoms with Gasteiger partial charge < -0.3 is 10.2 Å². The van der Waals surface area contributed by atoms with Crippen LogP contribution in [0.4, 0.5) is 30.9 Å². The van der Waals surface area contributed by atoms with Crippen LogP contribution in [0.3, 0.4) is 0 Å². The normalized spacial score (nSPS) is 13.9. The van der Waals surface area contributed by atoms with Crippen LogP contribution in [0, 0.1) is 11.6 Å². The van der Waals surface area contributed by atoms with Gasteiger partial charge in [0.1, 0.15) is 29.6 Å². The summed E-state index contributed by atoms with van der Waals surface area (Å²) in [6.45, 7) is 1.83. The summed E-state index contributed by atoms with van der Waals surface area (Å²) in [5.74, 6) is -0.344. The number of urea groups is 1. The molecule has 120 valence electrons. The maximum absolute atomic E-state index is 13.5. The number of nitrogens with one attached hydrogen (secondary N) is 2. The van der Waals surface area contributed by atoms with E-state index in [2.05, 4.69) is 25.5 Å². The molecular formula is C15H15F2N5O. The van der Waals surface area contributed by atoms with E-state index >= 15 is 0 Å². The van der Waals surface area contributed by atoms with Gasteiger partial charge in [-0.25, -0.2) is 23.5 Å². The summed E-state index contributed by atoms with van der Waals surface area (Å²) in [6.07, 6.45) is 3.56. The number of halogens is 2. The molecule has 6 nitrogen and oxygen atoms in total.